The van der Waals surface area contributed by atoms with Gasteiger partial charge in [-0.2, -0.15) is 0 Å². The van der Waals surface area contributed by atoms with Gasteiger partial charge in [0.2, 0.25) is 0 Å². The molecule has 0 aromatic heterocycles. The zero-order valence-corrected chi connectivity index (χ0v) is 17.2. The van der Waals surface area contributed by atoms with Gasteiger partial charge >= 0.3 is 0 Å². The highest BCUT2D eigenvalue weighted by Crippen LogP contribution is 2.64. The SMILES string of the molecule is C.CC.CC1C(C2CCC2)CCC2(C)C3=CCCCCC3(C)CCC12. The van der Waals surface area contributed by atoms with Crippen LogP contribution < -0.4 is 0 Å². The second kappa shape index (κ2) is 8.18. The van der Waals surface area contributed by atoms with Gasteiger partial charge in [-0.05, 0) is 79.4 Å². The van der Waals surface area contributed by atoms with Gasteiger partial charge in [-0.25, -0.2) is 0 Å². The Balaban J connectivity index is 0.000000726. The van der Waals surface area contributed by atoms with Crippen LogP contribution in [0.4, 0.5) is 0 Å². The monoisotopic (exact) mass is 346 g/mol. The zero-order chi connectivity index (χ0) is 17.4. The molecular formula is C25H46. The van der Waals surface area contributed by atoms with Crippen LogP contribution >= 0.6 is 0 Å². The lowest BCUT2D eigenvalue weighted by molar-refractivity contribution is -0.0367. The fourth-order valence-electron chi connectivity index (χ4n) is 7.19. The topological polar surface area (TPSA) is 0 Å². The Bertz CT molecular complexity index is 457. The molecule has 0 nitrogen and oxygen atoms in total. The summed E-state index contributed by atoms with van der Waals surface area (Å²) in [6, 6.07) is 0. The molecule has 0 radical (unpaired) electrons. The Kier molecular flexibility index (Phi) is 6.89. The van der Waals surface area contributed by atoms with Crippen LogP contribution in [0.3, 0.4) is 0 Å². The average Bonchev–Trinajstić information content (AvgIpc) is 2.73. The Morgan fingerprint density at radius 2 is 1.60 bits per heavy atom. The van der Waals surface area contributed by atoms with Crippen LogP contribution in [0.2, 0.25) is 0 Å². The van der Waals surface area contributed by atoms with E-state index in [-0.39, 0.29) is 7.43 Å². The molecule has 0 aromatic rings. The average molecular weight is 347 g/mol. The molecule has 0 N–H and O–H groups in total. The van der Waals surface area contributed by atoms with E-state index in [1.165, 1.54) is 57.8 Å². The van der Waals surface area contributed by atoms with Crippen molar-refractivity contribution in [3.05, 3.63) is 11.6 Å². The van der Waals surface area contributed by atoms with Gasteiger partial charge in [0.25, 0.3) is 0 Å². The van der Waals surface area contributed by atoms with Gasteiger partial charge in [0, 0.05) is 0 Å². The summed E-state index contributed by atoms with van der Waals surface area (Å²) in [6.45, 7) is 11.9. The van der Waals surface area contributed by atoms with E-state index in [0.717, 1.165) is 23.7 Å². The third kappa shape index (κ3) is 3.49. The fraction of sp³-hybridized carbons (Fsp3) is 0.920. The van der Waals surface area contributed by atoms with E-state index in [9.17, 15) is 0 Å². The maximum Gasteiger partial charge on any atom is -0.00800 e. The van der Waals surface area contributed by atoms with Gasteiger partial charge in [0.15, 0.2) is 0 Å². The summed E-state index contributed by atoms with van der Waals surface area (Å²) in [4.78, 5) is 0. The summed E-state index contributed by atoms with van der Waals surface area (Å²) < 4.78 is 0. The molecule has 0 amide bonds. The molecule has 3 fully saturated rings. The summed E-state index contributed by atoms with van der Waals surface area (Å²) in [5.74, 6) is 4.10. The molecule has 146 valence electrons. The molecule has 4 aliphatic rings. The second-order valence-corrected chi connectivity index (χ2v) is 9.74. The highest BCUT2D eigenvalue weighted by atomic mass is 14.6. The van der Waals surface area contributed by atoms with Crippen molar-refractivity contribution in [2.45, 2.75) is 113 Å². The van der Waals surface area contributed by atoms with Crippen molar-refractivity contribution in [1.29, 1.82) is 0 Å². The van der Waals surface area contributed by atoms with Crippen molar-refractivity contribution < 1.29 is 0 Å². The highest BCUT2D eigenvalue weighted by Gasteiger charge is 2.54. The minimum atomic E-state index is 0. The Hall–Kier alpha value is -0.260. The predicted molar refractivity (Wildman–Crippen MR) is 113 cm³/mol. The summed E-state index contributed by atoms with van der Waals surface area (Å²) in [5, 5.41) is 0. The van der Waals surface area contributed by atoms with Crippen molar-refractivity contribution >= 4 is 0 Å². The van der Waals surface area contributed by atoms with Crippen molar-refractivity contribution in [2.24, 2.45) is 34.5 Å². The molecule has 5 atom stereocenters. The van der Waals surface area contributed by atoms with Gasteiger partial charge in [-0.15, -0.1) is 0 Å². The quantitative estimate of drug-likeness (QED) is 0.418. The van der Waals surface area contributed by atoms with Crippen molar-refractivity contribution in [2.75, 3.05) is 0 Å². The van der Waals surface area contributed by atoms with Gasteiger partial charge in [-0.3, -0.25) is 0 Å². The van der Waals surface area contributed by atoms with Crippen molar-refractivity contribution in [3.63, 3.8) is 0 Å². The van der Waals surface area contributed by atoms with Crippen LogP contribution in [0.15, 0.2) is 11.6 Å². The highest BCUT2D eigenvalue weighted by molar-refractivity contribution is 5.28. The van der Waals surface area contributed by atoms with Gasteiger partial charge in [-0.1, -0.05) is 79.4 Å². The minimum absolute atomic E-state index is 0. The molecule has 4 rings (SSSR count). The molecule has 0 saturated heterocycles. The largest absolute Gasteiger partial charge is 0.0842 e. The van der Waals surface area contributed by atoms with Crippen molar-refractivity contribution in [1.82, 2.24) is 0 Å². The number of rotatable bonds is 1. The van der Waals surface area contributed by atoms with Crippen LogP contribution in [-0.2, 0) is 0 Å². The summed E-state index contributed by atoms with van der Waals surface area (Å²) in [5.41, 5.74) is 2.99. The molecule has 0 spiro atoms. The van der Waals surface area contributed by atoms with Gasteiger partial charge in [0.05, 0.1) is 0 Å². The minimum Gasteiger partial charge on any atom is -0.0842 e. The molecule has 0 heterocycles. The molecule has 5 unspecified atom stereocenters. The molecule has 0 aromatic carbocycles. The molecule has 25 heavy (non-hydrogen) atoms. The van der Waals surface area contributed by atoms with Crippen LogP contribution in [0, 0.1) is 34.5 Å². The zero-order valence-electron chi connectivity index (χ0n) is 17.2. The predicted octanol–water partition coefficient (Wildman–Crippen LogP) is 8.42. The van der Waals surface area contributed by atoms with Crippen LogP contribution in [0.5, 0.6) is 0 Å². The Morgan fingerprint density at radius 1 is 0.880 bits per heavy atom. The summed E-state index contributed by atoms with van der Waals surface area (Å²) in [7, 11) is 0. The first-order valence-electron chi connectivity index (χ1n) is 11.3. The van der Waals surface area contributed by atoms with Crippen LogP contribution in [0.25, 0.3) is 0 Å². The van der Waals surface area contributed by atoms with Gasteiger partial charge < -0.3 is 0 Å². The van der Waals surface area contributed by atoms with Crippen molar-refractivity contribution in [3.8, 4) is 0 Å². The van der Waals surface area contributed by atoms with E-state index in [4.69, 9.17) is 0 Å². The standard InChI is InChI=1S/C22H36.C2H6.CH4/c1-16-18(17-8-7-9-17)11-15-22(3)19(16)12-14-21(2)13-6-4-5-10-20(21)22;1-2;/h10,16-19H,4-9,11-15H2,1-3H3;1-2H3;1H4. The number of fused-ring (bicyclic) bond motifs is 3. The maximum absolute atomic E-state index is 2.72. The van der Waals surface area contributed by atoms with Crippen LogP contribution in [0.1, 0.15) is 113 Å². The maximum atomic E-state index is 2.72. The number of allylic oxidation sites excluding steroid dienone is 2. The van der Waals surface area contributed by atoms with E-state index in [2.05, 4.69) is 26.8 Å². The normalized spacial score (nSPS) is 43.7. The number of hydrogen-bond acceptors (Lipinski definition) is 0. The first-order chi connectivity index (χ1) is 11.5. The third-order valence-electron chi connectivity index (χ3n) is 8.68. The number of hydrogen-bond donors (Lipinski definition) is 0. The molecule has 4 aliphatic carbocycles. The summed E-state index contributed by atoms with van der Waals surface area (Å²) in [6.07, 6.45) is 19.0. The third-order valence-corrected chi connectivity index (χ3v) is 8.68. The Morgan fingerprint density at radius 3 is 2.24 bits per heavy atom. The van der Waals surface area contributed by atoms with Gasteiger partial charge in [0.1, 0.15) is 0 Å². The van der Waals surface area contributed by atoms with E-state index in [1.54, 1.807) is 12.8 Å². The molecule has 0 heteroatoms. The fourth-order valence-corrected chi connectivity index (χ4v) is 7.19. The van der Waals surface area contributed by atoms with E-state index < -0.39 is 0 Å². The first kappa shape index (κ1) is 21.0. The first-order valence-corrected chi connectivity index (χ1v) is 11.3. The molecular weight excluding hydrogens is 300 g/mol. The Labute approximate surface area is 159 Å². The van der Waals surface area contributed by atoms with E-state index in [0.29, 0.717) is 10.8 Å². The van der Waals surface area contributed by atoms with E-state index >= 15 is 0 Å². The van der Waals surface area contributed by atoms with Crippen LogP contribution in [-0.4, -0.2) is 0 Å². The lowest BCUT2D eigenvalue weighted by Crippen LogP contribution is -2.50. The molecule has 3 saturated carbocycles. The molecule has 0 aliphatic heterocycles. The lowest BCUT2D eigenvalue weighted by atomic mass is 9.45. The smallest absolute Gasteiger partial charge is 0.00800 e. The summed E-state index contributed by atoms with van der Waals surface area (Å²) >= 11 is 0. The van der Waals surface area contributed by atoms with E-state index in [1.807, 2.05) is 19.4 Å². The molecule has 0 bridgehead atoms. The second-order valence-electron chi connectivity index (χ2n) is 9.74. The lowest BCUT2D eigenvalue weighted by Gasteiger charge is -2.59.